The molecule has 8 nitrogen and oxygen atoms in total. The molecule has 0 aromatic heterocycles. The first-order valence-corrected chi connectivity index (χ1v) is 8.06. The van der Waals surface area contributed by atoms with Crippen LogP contribution in [0.15, 0.2) is 18.2 Å². The number of fused-ring (bicyclic) bond motifs is 1. The number of carbonyl (C=O) groups is 1. The quantitative estimate of drug-likeness (QED) is 0.438. The van der Waals surface area contributed by atoms with E-state index in [0.29, 0.717) is 17.9 Å². The van der Waals surface area contributed by atoms with Crippen molar-refractivity contribution in [3.8, 4) is 11.5 Å². The molecule has 0 bridgehead atoms. The maximum Gasteiger partial charge on any atom is 0.311 e. The van der Waals surface area contributed by atoms with Crippen LogP contribution in [0, 0.1) is 0 Å². The lowest BCUT2D eigenvalue weighted by atomic mass is 9.95. The number of ether oxygens (including phenoxy) is 3. The molecule has 3 rings (SSSR count). The second kappa shape index (κ2) is 8.59. The van der Waals surface area contributed by atoms with Gasteiger partial charge in [-0.25, -0.2) is 0 Å². The van der Waals surface area contributed by atoms with Gasteiger partial charge in [0, 0.05) is 19.6 Å². The van der Waals surface area contributed by atoms with Crippen molar-refractivity contribution in [3.63, 3.8) is 0 Å². The molecular weight excluding hydrogens is 332 g/mol. The third-order valence-corrected chi connectivity index (χ3v) is 4.20. The van der Waals surface area contributed by atoms with Gasteiger partial charge in [0.2, 0.25) is 6.29 Å². The van der Waals surface area contributed by atoms with Crippen LogP contribution in [0.2, 0.25) is 0 Å². The molecule has 1 fully saturated rings. The number of carbonyl (C=O) groups excluding carboxylic acids is 1. The van der Waals surface area contributed by atoms with Crippen molar-refractivity contribution in [3.05, 3.63) is 23.8 Å². The van der Waals surface area contributed by atoms with E-state index < -0.39 is 31.2 Å². The van der Waals surface area contributed by atoms with E-state index in [4.69, 9.17) is 19.3 Å². The fourth-order valence-corrected chi connectivity index (χ4v) is 2.90. The predicted molar refractivity (Wildman–Crippen MR) is 86.3 cm³/mol. The fourth-order valence-electron chi connectivity index (χ4n) is 2.90. The van der Waals surface area contributed by atoms with Gasteiger partial charge in [0.1, 0.15) is 23.7 Å². The standard InChI is InChI=1S/C16H20O7.CH4O/c1-8-4-14(19)22-12-5-9(2-3-10(8)12)21-15-6-11(18)16(20)13(7-17)23-15;1-2/h2-3,5,8,11,13,15-18,20H,4,6-7H2,1H3;2H,1H3/t8?,11-,13?,15-,16+;/m1./s1. The van der Waals surface area contributed by atoms with Gasteiger partial charge in [-0.3, -0.25) is 4.79 Å². The maximum absolute atomic E-state index is 11.5. The van der Waals surface area contributed by atoms with Crippen LogP contribution in [0.5, 0.6) is 11.5 Å². The molecule has 2 heterocycles. The molecule has 0 aliphatic carbocycles. The number of hydrogen-bond acceptors (Lipinski definition) is 8. The molecule has 2 aliphatic heterocycles. The predicted octanol–water partition coefficient (Wildman–Crippen LogP) is -0.0844. The summed E-state index contributed by atoms with van der Waals surface area (Å²) in [5.41, 5.74) is 0.935. The molecular formula is C17H24O8. The third kappa shape index (κ3) is 4.47. The number of esters is 1. The molecule has 8 heteroatoms. The zero-order valence-electron chi connectivity index (χ0n) is 14.2. The fraction of sp³-hybridized carbons (Fsp3) is 0.588. The van der Waals surface area contributed by atoms with Gasteiger partial charge >= 0.3 is 5.97 Å². The van der Waals surface area contributed by atoms with Gasteiger partial charge in [-0.2, -0.15) is 0 Å². The number of aliphatic hydroxyl groups is 4. The Labute approximate surface area is 145 Å². The monoisotopic (exact) mass is 356 g/mol. The average molecular weight is 356 g/mol. The Hall–Kier alpha value is -1.71. The van der Waals surface area contributed by atoms with Crippen molar-refractivity contribution < 1.29 is 39.4 Å². The number of rotatable bonds is 3. The Kier molecular flexibility index (Phi) is 6.74. The van der Waals surface area contributed by atoms with Crippen LogP contribution >= 0.6 is 0 Å². The molecule has 5 atom stereocenters. The van der Waals surface area contributed by atoms with Crippen LogP contribution in [0.4, 0.5) is 0 Å². The van der Waals surface area contributed by atoms with E-state index in [2.05, 4.69) is 0 Å². The van der Waals surface area contributed by atoms with Crippen molar-refractivity contribution in [2.75, 3.05) is 13.7 Å². The molecule has 0 spiro atoms. The van der Waals surface area contributed by atoms with E-state index >= 15 is 0 Å². The molecule has 25 heavy (non-hydrogen) atoms. The van der Waals surface area contributed by atoms with Crippen LogP contribution in [-0.4, -0.2) is 64.7 Å². The van der Waals surface area contributed by atoms with Crippen molar-refractivity contribution in [1.29, 1.82) is 0 Å². The van der Waals surface area contributed by atoms with Crippen LogP contribution in [0.1, 0.15) is 31.2 Å². The van der Waals surface area contributed by atoms with Gasteiger partial charge < -0.3 is 34.6 Å². The van der Waals surface area contributed by atoms with Crippen LogP contribution in [0.3, 0.4) is 0 Å². The van der Waals surface area contributed by atoms with Gasteiger partial charge in [-0.1, -0.05) is 13.0 Å². The van der Waals surface area contributed by atoms with Crippen molar-refractivity contribution in [1.82, 2.24) is 0 Å². The summed E-state index contributed by atoms with van der Waals surface area (Å²) in [4.78, 5) is 11.5. The van der Waals surface area contributed by atoms with Crippen LogP contribution in [-0.2, 0) is 9.53 Å². The largest absolute Gasteiger partial charge is 0.465 e. The summed E-state index contributed by atoms with van der Waals surface area (Å²) in [6.45, 7) is 1.53. The zero-order valence-corrected chi connectivity index (χ0v) is 14.2. The minimum absolute atomic E-state index is 0.0743. The van der Waals surface area contributed by atoms with Gasteiger partial charge in [0.25, 0.3) is 0 Å². The lowest BCUT2D eigenvalue weighted by molar-refractivity contribution is -0.229. The zero-order chi connectivity index (χ0) is 18.6. The summed E-state index contributed by atoms with van der Waals surface area (Å²) in [6.07, 6.45) is -3.47. The number of benzene rings is 1. The van der Waals surface area contributed by atoms with E-state index in [1.807, 2.05) is 13.0 Å². The first-order chi connectivity index (χ1) is 12.0. The van der Waals surface area contributed by atoms with Crippen LogP contribution in [0.25, 0.3) is 0 Å². The Morgan fingerprint density at radius 1 is 1.28 bits per heavy atom. The van der Waals surface area contributed by atoms with E-state index in [-0.39, 0.29) is 18.3 Å². The Morgan fingerprint density at radius 2 is 2.00 bits per heavy atom. The van der Waals surface area contributed by atoms with Crippen molar-refractivity contribution in [2.24, 2.45) is 0 Å². The SMILES string of the molecule is CC1CC(=O)Oc2cc(O[C@H]3C[C@@H](O)[C@H](O)C(CO)O3)ccc21.CO. The van der Waals surface area contributed by atoms with E-state index in [1.165, 1.54) is 0 Å². The molecule has 2 unspecified atom stereocenters. The average Bonchev–Trinajstić information content (AvgIpc) is 2.59. The highest BCUT2D eigenvalue weighted by Crippen LogP contribution is 2.37. The summed E-state index contributed by atoms with van der Waals surface area (Å²) in [5.74, 6) is 0.689. The summed E-state index contributed by atoms with van der Waals surface area (Å²) in [6, 6.07) is 5.18. The third-order valence-electron chi connectivity index (χ3n) is 4.20. The summed E-state index contributed by atoms with van der Waals surface area (Å²) < 4.78 is 16.3. The van der Waals surface area contributed by atoms with Crippen LogP contribution < -0.4 is 9.47 Å². The maximum atomic E-state index is 11.5. The Morgan fingerprint density at radius 3 is 2.68 bits per heavy atom. The molecule has 0 saturated carbocycles. The minimum Gasteiger partial charge on any atom is -0.465 e. The van der Waals surface area contributed by atoms with Gasteiger partial charge in [-0.15, -0.1) is 0 Å². The first kappa shape index (κ1) is 19.6. The molecule has 0 radical (unpaired) electrons. The molecule has 140 valence electrons. The second-order valence-electron chi connectivity index (χ2n) is 5.98. The minimum atomic E-state index is -1.15. The Balaban J connectivity index is 0.00000109. The lowest BCUT2D eigenvalue weighted by Crippen LogP contribution is -2.51. The highest BCUT2D eigenvalue weighted by atomic mass is 16.7. The van der Waals surface area contributed by atoms with Gasteiger partial charge in [0.05, 0.1) is 19.1 Å². The summed E-state index contributed by atoms with van der Waals surface area (Å²) in [7, 11) is 1.00. The molecule has 1 saturated heterocycles. The topological polar surface area (TPSA) is 126 Å². The molecule has 1 aromatic carbocycles. The lowest BCUT2D eigenvalue weighted by Gasteiger charge is -2.36. The first-order valence-electron chi connectivity index (χ1n) is 8.06. The van der Waals surface area contributed by atoms with E-state index in [0.717, 1.165) is 12.7 Å². The summed E-state index contributed by atoms with van der Waals surface area (Å²) >= 11 is 0. The number of hydrogen-bond donors (Lipinski definition) is 4. The normalized spacial score (nSPS) is 31.3. The number of aliphatic hydroxyl groups excluding tert-OH is 4. The molecule has 4 N–H and O–H groups in total. The second-order valence-corrected chi connectivity index (χ2v) is 5.98. The molecule has 2 aliphatic rings. The summed E-state index contributed by atoms with van der Waals surface area (Å²) in [5, 5.41) is 35.7. The highest BCUT2D eigenvalue weighted by Gasteiger charge is 2.37. The Bertz CT molecular complexity index is 590. The molecule has 1 aromatic rings. The van der Waals surface area contributed by atoms with E-state index in [9.17, 15) is 20.1 Å². The van der Waals surface area contributed by atoms with Gasteiger partial charge in [-0.05, 0) is 17.5 Å². The van der Waals surface area contributed by atoms with Crippen molar-refractivity contribution in [2.45, 2.75) is 50.3 Å². The van der Waals surface area contributed by atoms with Crippen molar-refractivity contribution >= 4 is 5.97 Å². The smallest absolute Gasteiger partial charge is 0.311 e. The van der Waals surface area contributed by atoms with E-state index in [1.54, 1.807) is 12.1 Å². The highest BCUT2D eigenvalue weighted by molar-refractivity contribution is 5.76. The molecule has 0 amide bonds. The van der Waals surface area contributed by atoms with Gasteiger partial charge in [0.15, 0.2) is 0 Å².